The molecule has 5 nitrogen and oxygen atoms in total. The average Bonchev–Trinajstić information content (AvgIpc) is 2.80. The number of carboxylic acid groups (broad SMARTS) is 1. The lowest BCUT2D eigenvalue weighted by atomic mass is 9.99. The molecule has 2 rings (SSSR count). The van der Waals surface area contributed by atoms with Crippen LogP contribution in [0.2, 0.25) is 0 Å². The van der Waals surface area contributed by atoms with Crippen LogP contribution < -0.4 is 9.47 Å². The van der Waals surface area contributed by atoms with E-state index in [1.807, 2.05) is 31.2 Å². The number of nitrogens with zero attached hydrogens (tertiary/aromatic N) is 1. The molecule has 20 heavy (non-hydrogen) atoms. The Labute approximate surface area is 119 Å². The van der Waals surface area contributed by atoms with Crippen molar-refractivity contribution in [2.24, 2.45) is 11.8 Å². The molecule has 1 aromatic carbocycles. The molecule has 0 amide bonds. The van der Waals surface area contributed by atoms with Crippen LogP contribution in [0.15, 0.2) is 24.3 Å². The number of aliphatic carboxylic acids is 1. The molecule has 1 aliphatic rings. The van der Waals surface area contributed by atoms with E-state index in [9.17, 15) is 4.79 Å². The first-order valence-corrected chi connectivity index (χ1v) is 6.82. The first kappa shape index (κ1) is 14.7. The summed E-state index contributed by atoms with van der Waals surface area (Å²) in [6, 6.07) is 7.51. The standard InChI is InChI=1S/C15H21NO4/c1-11-9-16(10-12(11)15(17)18)7-8-20-14-6-4-3-5-13(14)19-2/h3-6,11-12H,7-10H2,1-2H3,(H,17,18)/t11-,12-/m1/s1. The number of hydrogen-bond donors (Lipinski definition) is 1. The number of ether oxygens (including phenoxy) is 2. The highest BCUT2D eigenvalue weighted by Crippen LogP contribution is 2.26. The minimum Gasteiger partial charge on any atom is -0.493 e. The Balaban J connectivity index is 1.81. The lowest BCUT2D eigenvalue weighted by Crippen LogP contribution is -2.27. The van der Waals surface area contributed by atoms with Crippen LogP contribution in [0.5, 0.6) is 11.5 Å². The summed E-state index contributed by atoms with van der Waals surface area (Å²) >= 11 is 0. The van der Waals surface area contributed by atoms with Crippen LogP contribution in [0, 0.1) is 11.8 Å². The first-order chi connectivity index (χ1) is 9.61. The summed E-state index contributed by atoms with van der Waals surface area (Å²) in [4.78, 5) is 13.2. The third kappa shape index (κ3) is 3.42. The molecule has 1 saturated heterocycles. The fourth-order valence-corrected chi connectivity index (χ4v) is 2.59. The number of methoxy groups -OCH3 is 1. The van der Waals surface area contributed by atoms with Gasteiger partial charge in [0.15, 0.2) is 11.5 Å². The molecule has 0 aromatic heterocycles. The smallest absolute Gasteiger partial charge is 0.308 e. The predicted octanol–water partition coefficient (Wildman–Crippen LogP) is 1.73. The Bertz CT molecular complexity index is 463. The molecule has 0 saturated carbocycles. The van der Waals surface area contributed by atoms with Crippen LogP contribution in [0.25, 0.3) is 0 Å². The van der Waals surface area contributed by atoms with E-state index in [1.54, 1.807) is 7.11 Å². The highest BCUT2D eigenvalue weighted by Gasteiger charge is 2.34. The SMILES string of the molecule is COc1ccccc1OCCN1C[C@@H](C)[C@H](C(=O)O)C1. The van der Waals surface area contributed by atoms with Gasteiger partial charge < -0.3 is 14.6 Å². The van der Waals surface area contributed by atoms with Crippen LogP contribution >= 0.6 is 0 Å². The van der Waals surface area contributed by atoms with Crippen molar-refractivity contribution in [3.63, 3.8) is 0 Å². The molecule has 0 unspecified atom stereocenters. The van der Waals surface area contributed by atoms with Gasteiger partial charge in [-0.25, -0.2) is 0 Å². The van der Waals surface area contributed by atoms with E-state index in [4.69, 9.17) is 14.6 Å². The summed E-state index contributed by atoms with van der Waals surface area (Å²) in [5.41, 5.74) is 0. The van der Waals surface area contributed by atoms with Gasteiger partial charge >= 0.3 is 5.97 Å². The van der Waals surface area contributed by atoms with Gasteiger partial charge in [0.05, 0.1) is 13.0 Å². The van der Waals surface area contributed by atoms with Gasteiger partial charge in [-0.3, -0.25) is 9.69 Å². The number of rotatable bonds is 6. The van der Waals surface area contributed by atoms with Crippen molar-refractivity contribution < 1.29 is 19.4 Å². The van der Waals surface area contributed by atoms with Crippen molar-refractivity contribution in [3.05, 3.63) is 24.3 Å². The predicted molar refractivity (Wildman–Crippen MR) is 75.2 cm³/mol. The Hall–Kier alpha value is -1.75. The van der Waals surface area contributed by atoms with Gasteiger partial charge in [-0.05, 0) is 18.1 Å². The molecule has 0 aliphatic carbocycles. The molecule has 2 atom stereocenters. The van der Waals surface area contributed by atoms with E-state index in [1.165, 1.54) is 0 Å². The second kappa shape index (κ2) is 6.61. The Morgan fingerprint density at radius 2 is 2.05 bits per heavy atom. The quantitative estimate of drug-likeness (QED) is 0.859. The third-order valence-electron chi connectivity index (χ3n) is 3.74. The number of benzene rings is 1. The van der Waals surface area contributed by atoms with Crippen molar-refractivity contribution in [2.75, 3.05) is 33.4 Å². The zero-order valence-electron chi connectivity index (χ0n) is 11.9. The molecule has 110 valence electrons. The molecule has 1 heterocycles. The summed E-state index contributed by atoms with van der Waals surface area (Å²) in [5, 5.41) is 9.10. The summed E-state index contributed by atoms with van der Waals surface area (Å²) in [7, 11) is 1.61. The number of hydrogen-bond acceptors (Lipinski definition) is 4. The molecule has 1 N–H and O–H groups in total. The van der Waals surface area contributed by atoms with Crippen molar-refractivity contribution >= 4 is 5.97 Å². The summed E-state index contributed by atoms with van der Waals surface area (Å²) in [6.45, 7) is 4.66. The second-order valence-electron chi connectivity index (χ2n) is 5.18. The Morgan fingerprint density at radius 3 is 2.65 bits per heavy atom. The van der Waals surface area contributed by atoms with Crippen LogP contribution in [0.1, 0.15) is 6.92 Å². The zero-order chi connectivity index (χ0) is 14.5. The van der Waals surface area contributed by atoms with E-state index < -0.39 is 5.97 Å². The molecule has 1 fully saturated rings. The maximum atomic E-state index is 11.1. The molecule has 1 aliphatic heterocycles. The average molecular weight is 279 g/mol. The minimum absolute atomic E-state index is 0.193. The number of para-hydroxylation sites is 2. The third-order valence-corrected chi connectivity index (χ3v) is 3.74. The van der Waals surface area contributed by atoms with E-state index >= 15 is 0 Å². The van der Waals surface area contributed by atoms with E-state index in [2.05, 4.69) is 4.90 Å². The minimum atomic E-state index is -0.703. The van der Waals surface area contributed by atoms with Gasteiger partial charge in [-0.15, -0.1) is 0 Å². The fourth-order valence-electron chi connectivity index (χ4n) is 2.59. The van der Waals surface area contributed by atoms with Gasteiger partial charge in [0.1, 0.15) is 6.61 Å². The van der Waals surface area contributed by atoms with Gasteiger partial charge in [0.2, 0.25) is 0 Å². The molecule has 5 heteroatoms. The summed E-state index contributed by atoms with van der Waals surface area (Å²) in [5.74, 6) is 0.661. The van der Waals surface area contributed by atoms with E-state index in [0.717, 1.165) is 18.8 Å². The fraction of sp³-hybridized carbons (Fsp3) is 0.533. The van der Waals surface area contributed by atoms with Crippen LogP contribution in [-0.2, 0) is 4.79 Å². The largest absolute Gasteiger partial charge is 0.493 e. The lowest BCUT2D eigenvalue weighted by molar-refractivity contribution is -0.142. The molecule has 0 bridgehead atoms. The summed E-state index contributed by atoms with van der Waals surface area (Å²) in [6.07, 6.45) is 0. The maximum absolute atomic E-state index is 11.1. The monoisotopic (exact) mass is 279 g/mol. The van der Waals surface area contributed by atoms with Gasteiger partial charge in [-0.1, -0.05) is 19.1 Å². The highest BCUT2D eigenvalue weighted by molar-refractivity contribution is 5.71. The first-order valence-electron chi connectivity index (χ1n) is 6.82. The molecular formula is C15H21NO4. The number of carboxylic acids is 1. The lowest BCUT2D eigenvalue weighted by Gasteiger charge is -2.16. The van der Waals surface area contributed by atoms with Crippen LogP contribution in [-0.4, -0.2) is 49.3 Å². The summed E-state index contributed by atoms with van der Waals surface area (Å²) < 4.78 is 10.9. The maximum Gasteiger partial charge on any atom is 0.308 e. The van der Waals surface area contributed by atoms with Crippen molar-refractivity contribution in [2.45, 2.75) is 6.92 Å². The Kier molecular flexibility index (Phi) is 4.84. The van der Waals surface area contributed by atoms with Crippen molar-refractivity contribution in [3.8, 4) is 11.5 Å². The van der Waals surface area contributed by atoms with Crippen molar-refractivity contribution in [1.29, 1.82) is 0 Å². The van der Waals surface area contributed by atoms with Crippen molar-refractivity contribution in [1.82, 2.24) is 4.90 Å². The molecular weight excluding hydrogens is 258 g/mol. The Morgan fingerprint density at radius 1 is 1.35 bits per heavy atom. The number of carbonyl (C=O) groups is 1. The second-order valence-corrected chi connectivity index (χ2v) is 5.18. The zero-order valence-corrected chi connectivity index (χ0v) is 11.9. The highest BCUT2D eigenvalue weighted by atomic mass is 16.5. The molecule has 1 aromatic rings. The van der Waals surface area contributed by atoms with E-state index in [-0.39, 0.29) is 11.8 Å². The topological polar surface area (TPSA) is 59.0 Å². The van der Waals surface area contributed by atoms with Crippen LogP contribution in [0.4, 0.5) is 0 Å². The van der Waals surface area contributed by atoms with E-state index in [0.29, 0.717) is 18.9 Å². The molecule has 0 radical (unpaired) electrons. The van der Waals surface area contributed by atoms with Gasteiger partial charge in [0, 0.05) is 19.6 Å². The van der Waals surface area contributed by atoms with Gasteiger partial charge in [-0.2, -0.15) is 0 Å². The van der Waals surface area contributed by atoms with Crippen LogP contribution in [0.3, 0.4) is 0 Å². The number of likely N-dealkylation sites (tertiary alicyclic amines) is 1. The normalized spacial score (nSPS) is 22.7. The molecule has 0 spiro atoms. The van der Waals surface area contributed by atoms with Gasteiger partial charge in [0.25, 0.3) is 0 Å².